The van der Waals surface area contributed by atoms with Crippen LogP contribution in [-0.4, -0.2) is 21.4 Å². The number of pyridine rings is 2. The summed E-state index contributed by atoms with van der Waals surface area (Å²) in [6.07, 6.45) is 1.71. The maximum atomic E-state index is 10.8. The van der Waals surface area contributed by atoms with Crippen molar-refractivity contribution in [2.75, 3.05) is 11.4 Å². The Kier molecular flexibility index (Phi) is 4.70. The summed E-state index contributed by atoms with van der Waals surface area (Å²) in [5.74, 6) is 0.704. The lowest BCUT2D eigenvalue weighted by Crippen LogP contribution is -2.23. The fourth-order valence-electron chi connectivity index (χ4n) is 1.98. The van der Waals surface area contributed by atoms with Crippen molar-refractivity contribution in [2.24, 2.45) is 0 Å². The van der Waals surface area contributed by atoms with E-state index in [0.29, 0.717) is 23.2 Å². The Labute approximate surface area is 127 Å². The number of hydrogen-bond acceptors (Lipinski definition) is 5. The van der Waals surface area contributed by atoms with E-state index in [1.165, 1.54) is 6.07 Å². The van der Waals surface area contributed by atoms with Gasteiger partial charge in [0, 0.05) is 25.4 Å². The van der Waals surface area contributed by atoms with Crippen LogP contribution in [0.3, 0.4) is 0 Å². The van der Waals surface area contributed by atoms with Gasteiger partial charge in [-0.05, 0) is 31.5 Å². The van der Waals surface area contributed by atoms with E-state index in [1.807, 2.05) is 17.9 Å². The van der Waals surface area contributed by atoms with Crippen LogP contribution in [0.15, 0.2) is 30.5 Å². The van der Waals surface area contributed by atoms with Gasteiger partial charge in [0.05, 0.1) is 4.92 Å². The Morgan fingerprint density at radius 1 is 1.33 bits per heavy atom. The second-order valence-corrected chi connectivity index (χ2v) is 4.92. The molecule has 0 aliphatic carbocycles. The number of nitro groups is 1. The van der Waals surface area contributed by atoms with E-state index in [2.05, 4.69) is 9.97 Å². The van der Waals surface area contributed by atoms with Crippen molar-refractivity contribution in [1.29, 1.82) is 0 Å². The first-order valence-corrected chi connectivity index (χ1v) is 6.86. The summed E-state index contributed by atoms with van der Waals surface area (Å²) in [5, 5.41) is 11.3. The Morgan fingerprint density at radius 2 is 2.10 bits per heavy atom. The maximum absolute atomic E-state index is 10.8. The van der Waals surface area contributed by atoms with Gasteiger partial charge in [-0.15, -0.1) is 0 Å². The molecule has 0 radical (unpaired) electrons. The quantitative estimate of drug-likeness (QED) is 0.481. The van der Waals surface area contributed by atoms with Crippen LogP contribution < -0.4 is 4.90 Å². The first kappa shape index (κ1) is 15.2. The molecule has 2 rings (SSSR count). The molecule has 2 aromatic heterocycles. The van der Waals surface area contributed by atoms with Crippen LogP contribution in [0.1, 0.15) is 18.2 Å². The zero-order chi connectivity index (χ0) is 15.4. The van der Waals surface area contributed by atoms with E-state index in [4.69, 9.17) is 11.6 Å². The number of aryl methyl sites for hydroxylation is 1. The van der Waals surface area contributed by atoms with Crippen molar-refractivity contribution in [2.45, 2.75) is 20.4 Å². The second-order valence-electron chi connectivity index (χ2n) is 4.53. The summed E-state index contributed by atoms with van der Waals surface area (Å²) in [5.41, 5.74) is 1.44. The van der Waals surface area contributed by atoms with E-state index < -0.39 is 4.92 Å². The van der Waals surface area contributed by atoms with E-state index in [0.717, 1.165) is 12.1 Å². The lowest BCUT2D eigenvalue weighted by molar-refractivity contribution is -0.385. The van der Waals surface area contributed by atoms with E-state index in [9.17, 15) is 10.1 Å². The fraction of sp³-hybridized carbons (Fsp3) is 0.286. The largest absolute Gasteiger partial charge is 0.352 e. The molecule has 2 heterocycles. The molecule has 110 valence electrons. The molecule has 0 spiro atoms. The summed E-state index contributed by atoms with van der Waals surface area (Å²) in [6.45, 7) is 4.99. The smallest absolute Gasteiger partial charge is 0.290 e. The van der Waals surface area contributed by atoms with Gasteiger partial charge in [0.2, 0.25) is 0 Å². The molecular formula is C14H15ClN4O2. The minimum absolute atomic E-state index is 0.0305. The molecule has 0 N–H and O–H groups in total. The number of hydrogen-bond donors (Lipinski definition) is 0. The van der Waals surface area contributed by atoms with Gasteiger partial charge >= 0.3 is 0 Å². The van der Waals surface area contributed by atoms with Gasteiger partial charge < -0.3 is 4.90 Å². The first-order valence-electron chi connectivity index (χ1n) is 6.48. The van der Waals surface area contributed by atoms with Crippen LogP contribution in [0.25, 0.3) is 0 Å². The van der Waals surface area contributed by atoms with Crippen LogP contribution >= 0.6 is 11.6 Å². The highest BCUT2D eigenvalue weighted by Crippen LogP contribution is 2.21. The number of rotatable bonds is 5. The third kappa shape index (κ3) is 3.66. The molecule has 0 saturated carbocycles. The van der Waals surface area contributed by atoms with E-state index in [-0.39, 0.29) is 5.69 Å². The Morgan fingerprint density at radius 3 is 2.62 bits per heavy atom. The molecule has 0 aliphatic rings. The van der Waals surface area contributed by atoms with Gasteiger partial charge in [-0.25, -0.2) is 9.97 Å². The standard InChI is InChI=1S/C14H15ClN4O2/c1-3-18(9-11-4-6-13(15)16-8-11)14-7-5-12(19(20)21)10(2)17-14/h4-8H,3,9H2,1-2H3. The minimum Gasteiger partial charge on any atom is -0.352 e. The molecule has 0 unspecified atom stereocenters. The zero-order valence-corrected chi connectivity index (χ0v) is 12.5. The highest BCUT2D eigenvalue weighted by molar-refractivity contribution is 6.29. The molecule has 0 amide bonds. The summed E-state index contributed by atoms with van der Waals surface area (Å²) in [4.78, 5) is 20.8. The van der Waals surface area contributed by atoms with Crippen LogP contribution in [0, 0.1) is 17.0 Å². The fourth-order valence-corrected chi connectivity index (χ4v) is 2.10. The van der Waals surface area contributed by atoms with Crippen molar-refractivity contribution in [3.8, 4) is 0 Å². The Balaban J connectivity index is 2.23. The molecule has 21 heavy (non-hydrogen) atoms. The molecule has 6 nitrogen and oxygen atoms in total. The molecule has 7 heteroatoms. The highest BCUT2D eigenvalue weighted by Gasteiger charge is 2.14. The number of anilines is 1. The van der Waals surface area contributed by atoms with Crippen molar-refractivity contribution in [3.05, 3.63) is 57.0 Å². The Hall–Kier alpha value is -2.21. The van der Waals surface area contributed by atoms with Crippen LogP contribution in [-0.2, 0) is 6.54 Å². The van der Waals surface area contributed by atoms with Crippen molar-refractivity contribution < 1.29 is 4.92 Å². The zero-order valence-electron chi connectivity index (χ0n) is 11.8. The average molecular weight is 307 g/mol. The maximum Gasteiger partial charge on any atom is 0.290 e. The molecule has 2 aromatic rings. The van der Waals surface area contributed by atoms with Gasteiger partial charge in [-0.3, -0.25) is 10.1 Å². The highest BCUT2D eigenvalue weighted by atomic mass is 35.5. The first-order chi connectivity index (χ1) is 10.0. The van der Waals surface area contributed by atoms with Crippen molar-refractivity contribution in [3.63, 3.8) is 0 Å². The third-order valence-corrected chi connectivity index (χ3v) is 3.33. The molecule has 0 fully saturated rings. The number of halogens is 1. The minimum atomic E-state index is -0.425. The lowest BCUT2D eigenvalue weighted by atomic mass is 10.2. The number of aromatic nitrogens is 2. The monoisotopic (exact) mass is 306 g/mol. The van der Waals surface area contributed by atoms with Crippen LogP contribution in [0.2, 0.25) is 5.15 Å². The molecule has 0 bridgehead atoms. The van der Waals surface area contributed by atoms with Crippen molar-refractivity contribution in [1.82, 2.24) is 9.97 Å². The molecular weight excluding hydrogens is 292 g/mol. The molecule has 0 aliphatic heterocycles. The predicted molar refractivity (Wildman–Crippen MR) is 81.6 cm³/mol. The van der Waals surface area contributed by atoms with E-state index >= 15 is 0 Å². The van der Waals surface area contributed by atoms with Crippen LogP contribution in [0.4, 0.5) is 11.5 Å². The van der Waals surface area contributed by atoms with Crippen LogP contribution in [0.5, 0.6) is 0 Å². The second kappa shape index (κ2) is 6.49. The summed E-state index contributed by atoms with van der Waals surface area (Å²) >= 11 is 5.77. The molecule has 0 saturated heterocycles. The normalized spacial score (nSPS) is 10.4. The summed E-state index contributed by atoms with van der Waals surface area (Å²) < 4.78 is 0. The van der Waals surface area contributed by atoms with Gasteiger partial charge in [0.15, 0.2) is 0 Å². The van der Waals surface area contributed by atoms with Gasteiger partial charge in [0.1, 0.15) is 16.7 Å². The Bertz CT molecular complexity index is 646. The van der Waals surface area contributed by atoms with Gasteiger partial charge in [-0.2, -0.15) is 0 Å². The van der Waals surface area contributed by atoms with Gasteiger partial charge in [-0.1, -0.05) is 17.7 Å². The SMILES string of the molecule is CCN(Cc1ccc(Cl)nc1)c1ccc([N+](=O)[O-])c(C)n1. The number of nitrogens with zero attached hydrogens (tertiary/aromatic N) is 4. The topological polar surface area (TPSA) is 72.2 Å². The summed E-state index contributed by atoms with van der Waals surface area (Å²) in [7, 11) is 0. The molecule has 0 atom stereocenters. The lowest BCUT2D eigenvalue weighted by Gasteiger charge is -2.22. The molecule has 0 aromatic carbocycles. The van der Waals surface area contributed by atoms with Gasteiger partial charge in [0.25, 0.3) is 5.69 Å². The predicted octanol–water partition coefficient (Wildman–Crippen LogP) is 3.37. The average Bonchev–Trinajstić information content (AvgIpc) is 2.46. The third-order valence-electron chi connectivity index (χ3n) is 3.11. The summed E-state index contributed by atoms with van der Waals surface area (Å²) in [6, 6.07) is 6.79. The van der Waals surface area contributed by atoms with E-state index in [1.54, 1.807) is 25.3 Å². The van der Waals surface area contributed by atoms with Crippen molar-refractivity contribution >= 4 is 23.1 Å².